The van der Waals surface area contributed by atoms with Crippen LogP contribution in [0.3, 0.4) is 0 Å². The number of hydrogen-bond donors (Lipinski definition) is 1. The molecule has 3 nitrogen and oxygen atoms in total. The number of rotatable bonds is 3. The van der Waals surface area contributed by atoms with Crippen LogP contribution in [-0.4, -0.2) is 36.0 Å². The summed E-state index contributed by atoms with van der Waals surface area (Å²) in [6.07, 6.45) is 4.55. The topological polar surface area (TPSA) is 32.3 Å². The van der Waals surface area contributed by atoms with Crippen molar-refractivity contribution in [1.82, 2.24) is 10.2 Å². The van der Waals surface area contributed by atoms with Gasteiger partial charge in [0.2, 0.25) is 0 Å². The van der Waals surface area contributed by atoms with E-state index >= 15 is 0 Å². The Morgan fingerprint density at radius 1 is 1.25 bits per heavy atom. The second-order valence-corrected chi connectivity index (χ2v) is 6.55. The molecule has 0 spiro atoms. The van der Waals surface area contributed by atoms with Gasteiger partial charge in [0.1, 0.15) is 5.82 Å². The lowest BCUT2D eigenvalue weighted by Crippen LogP contribution is -2.45. The lowest BCUT2D eigenvalue weighted by Gasteiger charge is -2.32. The zero-order valence-corrected chi connectivity index (χ0v) is 12.8. The van der Waals surface area contributed by atoms with Crippen LogP contribution in [0, 0.1) is 5.82 Å². The van der Waals surface area contributed by atoms with E-state index in [-0.39, 0.29) is 17.5 Å². The van der Waals surface area contributed by atoms with Crippen molar-refractivity contribution in [2.24, 2.45) is 0 Å². The van der Waals surface area contributed by atoms with Crippen molar-refractivity contribution in [2.75, 3.05) is 13.1 Å². The number of halogens is 2. The molecule has 1 saturated carbocycles. The molecule has 0 radical (unpaired) electrons. The first kappa shape index (κ1) is 14.0. The van der Waals surface area contributed by atoms with E-state index in [9.17, 15) is 9.18 Å². The third kappa shape index (κ3) is 3.20. The summed E-state index contributed by atoms with van der Waals surface area (Å²) >= 11 is 3.27. The smallest absolute Gasteiger partial charge is 0.254 e. The van der Waals surface area contributed by atoms with Gasteiger partial charge in [-0.25, -0.2) is 4.39 Å². The van der Waals surface area contributed by atoms with Crippen LogP contribution in [0.2, 0.25) is 0 Å². The third-order valence-corrected chi connectivity index (χ3v) is 4.59. The first-order valence-corrected chi connectivity index (χ1v) is 7.93. The fraction of sp³-hybridized carbons (Fsp3) is 0.533. The van der Waals surface area contributed by atoms with Gasteiger partial charge in [-0.05, 0) is 43.9 Å². The maximum atomic E-state index is 13.7. The Hall–Kier alpha value is -0.940. The van der Waals surface area contributed by atoms with E-state index in [1.807, 2.05) is 0 Å². The van der Waals surface area contributed by atoms with Crippen LogP contribution in [0.4, 0.5) is 4.39 Å². The Balaban J connectivity index is 1.57. The molecule has 2 aliphatic rings. The molecule has 1 aliphatic heterocycles. The summed E-state index contributed by atoms with van der Waals surface area (Å²) in [6, 6.07) is 5.39. The van der Waals surface area contributed by atoms with Gasteiger partial charge in [-0.15, -0.1) is 0 Å². The van der Waals surface area contributed by atoms with Gasteiger partial charge >= 0.3 is 0 Å². The van der Waals surface area contributed by atoms with Crippen molar-refractivity contribution in [3.63, 3.8) is 0 Å². The van der Waals surface area contributed by atoms with Crippen molar-refractivity contribution in [3.8, 4) is 0 Å². The van der Waals surface area contributed by atoms with Gasteiger partial charge in [-0.3, -0.25) is 4.79 Å². The molecule has 1 aromatic rings. The van der Waals surface area contributed by atoms with Gasteiger partial charge in [0, 0.05) is 29.6 Å². The maximum Gasteiger partial charge on any atom is 0.254 e. The summed E-state index contributed by atoms with van der Waals surface area (Å²) in [5.41, 5.74) is 0.115. The van der Waals surface area contributed by atoms with E-state index in [0.29, 0.717) is 4.47 Å². The zero-order chi connectivity index (χ0) is 14.1. The second-order valence-electron chi connectivity index (χ2n) is 5.64. The van der Waals surface area contributed by atoms with E-state index < -0.39 is 5.82 Å². The van der Waals surface area contributed by atoms with Crippen molar-refractivity contribution in [2.45, 2.75) is 37.8 Å². The van der Waals surface area contributed by atoms with Crippen LogP contribution in [-0.2, 0) is 0 Å². The van der Waals surface area contributed by atoms with Gasteiger partial charge in [0.15, 0.2) is 0 Å². The highest BCUT2D eigenvalue weighted by Crippen LogP contribution is 2.29. The molecule has 1 aromatic carbocycles. The molecule has 20 heavy (non-hydrogen) atoms. The lowest BCUT2D eigenvalue weighted by atomic mass is 10.0. The summed E-state index contributed by atoms with van der Waals surface area (Å²) < 4.78 is 14.4. The fourth-order valence-electron chi connectivity index (χ4n) is 2.78. The molecule has 108 valence electrons. The summed E-state index contributed by atoms with van der Waals surface area (Å²) in [7, 11) is 0. The van der Waals surface area contributed by atoms with Crippen LogP contribution in [0.5, 0.6) is 0 Å². The van der Waals surface area contributed by atoms with Gasteiger partial charge in [-0.2, -0.15) is 0 Å². The monoisotopic (exact) mass is 340 g/mol. The zero-order valence-electron chi connectivity index (χ0n) is 11.2. The Morgan fingerprint density at radius 3 is 2.60 bits per heavy atom. The SMILES string of the molecule is O=C(NC1CCN(C2CC2)CC1)c1cc(Br)ccc1F. The molecule has 1 aliphatic carbocycles. The van der Waals surface area contributed by atoms with Crippen LogP contribution < -0.4 is 5.32 Å². The van der Waals surface area contributed by atoms with Crippen LogP contribution in [0.25, 0.3) is 0 Å². The molecule has 3 rings (SSSR count). The molecule has 0 aromatic heterocycles. The van der Waals surface area contributed by atoms with Gasteiger partial charge in [-0.1, -0.05) is 15.9 Å². The average Bonchev–Trinajstić information content (AvgIpc) is 3.27. The summed E-state index contributed by atoms with van der Waals surface area (Å²) in [5.74, 6) is -0.783. The van der Waals surface area contributed by atoms with Gasteiger partial charge < -0.3 is 10.2 Å². The highest BCUT2D eigenvalue weighted by atomic mass is 79.9. The van der Waals surface area contributed by atoms with Crippen LogP contribution in [0.1, 0.15) is 36.0 Å². The number of amides is 1. The molecule has 0 atom stereocenters. The first-order chi connectivity index (χ1) is 9.63. The van der Waals surface area contributed by atoms with Gasteiger partial charge in [0.25, 0.3) is 5.91 Å². The minimum atomic E-state index is -0.471. The molecule has 1 saturated heterocycles. The number of nitrogens with one attached hydrogen (secondary N) is 1. The number of hydrogen-bond acceptors (Lipinski definition) is 2. The molecule has 1 N–H and O–H groups in total. The van der Waals surface area contributed by atoms with Crippen LogP contribution >= 0.6 is 15.9 Å². The molecule has 5 heteroatoms. The minimum Gasteiger partial charge on any atom is -0.349 e. The normalized spacial score (nSPS) is 20.9. The lowest BCUT2D eigenvalue weighted by molar-refractivity contribution is 0.0905. The molecule has 0 unspecified atom stereocenters. The molecule has 1 amide bonds. The second kappa shape index (κ2) is 5.82. The largest absolute Gasteiger partial charge is 0.349 e. The quantitative estimate of drug-likeness (QED) is 0.917. The highest BCUT2D eigenvalue weighted by Gasteiger charge is 2.32. The standard InChI is InChI=1S/C15H18BrFN2O/c16-10-1-4-14(17)13(9-10)15(20)18-11-5-7-19(8-6-11)12-2-3-12/h1,4,9,11-12H,2-3,5-8H2,(H,18,20). The first-order valence-electron chi connectivity index (χ1n) is 7.13. The van der Waals surface area contributed by atoms with Crippen molar-refractivity contribution in [3.05, 3.63) is 34.1 Å². The minimum absolute atomic E-state index is 0.115. The van der Waals surface area contributed by atoms with E-state index in [1.54, 1.807) is 6.07 Å². The molecule has 1 heterocycles. The maximum absolute atomic E-state index is 13.7. The van der Waals surface area contributed by atoms with Crippen molar-refractivity contribution >= 4 is 21.8 Å². The number of nitrogens with zero attached hydrogens (tertiary/aromatic N) is 1. The molecule has 2 fully saturated rings. The summed E-state index contributed by atoms with van der Waals surface area (Å²) in [4.78, 5) is 14.6. The third-order valence-electron chi connectivity index (χ3n) is 4.10. The number of carbonyl (C=O) groups excluding carboxylic acids is 1. The van der Waals surface area contributed by atoms with E-state index in [0.717, 1.165) is 32.0 Å². The number of piperidine rings is 1. The predicted octanol–water partition coefficient (Wildman–Crippen LogP) is 2.94. The number of benzene rings is 1. The Labute approximate surface area is 126 Å². The Morgan fingerprint density at radius 2 is 1.95 bits per heavy atom. The molecular weight excluding hydrogens is 323 g/mol. The Bertz CT molecular complexity index is 511. The molecular formula is C15H18BrFN2O. The van der Waals surface area contributed by atoms with E-state index in [1.165, 1.54) is 25.0 Å². The fourth-order valence-corrected chi connectivity index (χ4v) is 3.14. The van der Waals surface area contributed by atoms with Crippen molar-refractivity contribution < 1.29 is 9.18 Å². The molecule has 0 bridgehead atoms. The Kier molecular flexibility index (Phi) is 4.08. The predicted molar refractivity (Wildman–Crippen MR) is 79.2 cm³/mol. The summed E-state index contributed by atoms with van der Waals surface area (Å²) in [5, 5.41) is 2.96. The van der Waals surface area contributed by atoms with E-state index in [2.05, 4.69) is 26.1 Å². The average molecular weight is 341 g/mol. The van der Waals surface area contributed by atoms with Crippen molar-refractivity contribution in [1.29, 1.82) is 0 Å². The summed E-state index contributed by atoms with van der Waals surface area (Å²) in [6.45, 7) is 2.08. The van der Waals surface area contributed by atoms with Crippen LogP contribution in [0.15, 0.2) is 22.7 Å². The van der Waals surface area contributed by atoms with E-state index in [4.69, 9.17) is 0 Å². The van der Waals surface area contributed by atoms with Gasteiger partial charge in [0.05, 0.1) is 5.56 Å². The number of carbonyl (C=O) groups is 1. The highest BCUT2D eigenvalue weighted by molar-refractivity contribution is 9.10. The number of likely N-dealkylation sites (tertiary alicyclic amines) is 1.